The Labute approximate surface area is 157 Å². The van der Waals surface area contributed by atoms with Crippen molar-refractivity contribution in [3.05, 3.63) is 68.7 Å². The zero-order valence-electron chi connectivity index (χ0n) is 14.7. The number of ketones is 1. The lowest BCUT2D eigenvalue weighted by Gasteiger charge is -2.23. The first kappa shape index (κ1) is 20.1. The summed E-state index contributed by atoms with van der Waals surface area (Å²) in [5, 5.41) is 30.8. The van der Waals surface area contributed by atoms with Gasteiger partial charge in [0.25, 0.3) is 5.56 Å². The Hall–Kier alpha value is -2.66. The van der Waals surface area contributed by atoms with Crippen LogP contribution in [0.15, 0.2) is 46.1 Å². The van der Waals surface area contributed by atoms with Crippen LogP contribution in [-0.4, -0.2) is 55.1 Å². The van der Waals surface area contributed by atoms with Crippen LogP contribution < -0.4 is 11.2 Å². The molecule has 150 valence electrons. The summed E-state index contributed by atoms with van der Waals surface area (Å²) < 4.78 is 19.4. The molecule has 10 heteroatoms. The first-order chi connectivity index (χ1) is 13.2. The van der Waals surface area contributed by atoms with E-state index >= 15 is 0 Å². The highest BCUT2D eigenvalue weighted by atomic mass is 19.1. The lowest BCUT2D eigenvalue weighted by atomic mass is 9.90. The van der Waals surface area contributed by atoms with Gasteiger partial charge < -0.3 is 20.1 Å². The number of Topliss-reactive ketones (excluding diaryl/α,β-unsaturated/α-hetero) is 1. The second-order valence-corrected chi connectivity index (χ2v) is 6.60. The standard InChI is InChI=1S/C18H19FN2O7/c1-8(9-5-3-2-4-6-9)11(22)12(23)15-13(24)14(25)17(28-15)21-7-10(19)16(26)20-18(21)27/h2-8,12-15,17,23-25H,1H3,(H,20,26,27)/t8?,12?,13-,14+,15+,17+/m0/s1. The van der Waals surface area contributed by atoms with Gasteiger partial charge in [-0.15, -0.1) is 0 Å². The molecule has 2 unspecified atom stereocenters. The molecule has 1 fully saturated rings. The van der Waals surface area contributed by atoms with Crippen LogP contribution in [0.3, 0.4) is 0 Å². The predicted octanol–water partition coefficient (Wildman–Crippen LogP) is -0.971. The van der Waals surface area contributed by atoms with Gasteiger partial charge in [0.05, 0.1) is 6.20 Å². The molecule has 28 heavy (non-hydrogen) atoms. The SMILES string of the molecule is CC(C(=O)C(O)[C@H]1O[C@@H](n2cc(F)c(=O)[nH]c2=O)[C@H](O)[C@@H]1O)c1ccccc1. The van der Waals surface area contributed by atoms with E-state index in [0.29, 0.717) is 16.3 Å². The number of halogens is 1. The molecule has 6 atom stereocenters. The molecule has 0 bridgehead atoms. The van der Waals surface area contributed by atoms with Gasteiger partial charge in [0, 0.05) is 5.92 Å². The highest BCUT2D eigenvalue weighted by Gasteiger charge is 2.49. The summed E-state index contributed by atoms with van der Waals surface area (Å²) in [4.78, 5) is 37.3. The maximum absolute atomic E-state index is 13.5. The van der Waals surface area contributed by atoms with Crippen molar-refractivity contribution in [3.63, 3.8) is 0 Å². The van der Waals surface area contributed by atoms with Gasteiger partial charge in [0.1, 0.15) is 24.4 Å². The fourth-order valence-electron chi connectivity index (χ4n) is 3.15. The summed E-state index contributed by atoms with van der Waals surface area (Å²) in [6.07, 6.45) is -7.93. The summed E-state index contributed by atoms with van der Waals surface area (Å²) in [7, 11) is 0. The minimum atomic E-state index is -1.81. The molecule has 2 aromatic rings. The number of hydrogen-bond acceptors (Lipinski definition) is 7. The molecule has 4 N–H and O–H groups in total. The van der Waals surface area contributed by atoms with Gasteiger partial charge in [0.15, 0.2) is 12.0 Å². The maximum Gasteiger partial charge on any atom is 0.330 e. The number of H-pyrrole nitrogens is 1. The Morgan fingerprint density at radius 3 is 2.50 bits per heavy atom. The third kappa shape index (κ3) is 3.54. The lowest BCUT2D eigenvalue weighted by molar-refractivity contribution is -0.142. The van der Waals surface area contributed by atoms with E-state index in [1.54, 1.807) is 42.2 Å². The maximum atomic E-state index is 13.5. The zero-order chi connectivity index (χ0) is 20.6. The van der Waals surface area contributed by atoms with E-state index in [2.05, 4.69) is 0 Å². The number of ether oxygens (including phenoxy) is 1. The predicted molar refractivity (Wildman–Crippen MR) is 93.1 cm³/mol. The number of rotatable bonds is 5. The number of hydrogen-bond donors (Lipinski definition) is 4. The summed E-state index contributed by atoms with van der Waals surface area (Å²) in [5.74, 6) is -2.69. The Bertz CT molecular complexity index is 974. The fourth-order valence-corrected chi connectivity index (χ4v) is 3.15. The van der Waals surface area contributed by atoms with Crippen molar-refractivity contribution in [2.75, 3.05) is 0 Å². The highest BCUT2D eigenvalue weighted by Crippen LogP contribution is 2.32. The summed E-state index contributed by atoms with van der Waals surface area (Å²) in [6, 6.07) is 8.61. The van der Waals surface area contributed by atoms with Crippen LogP contribution in [0.1, 0.15) is 24.6 Å². The number of aromatic amines is 1. The number of aliphatic hydroxyl groups excluding tert-OH is 3. The Morgan fingerprint density at radius 2 is 1.86 bits per heavy atom. The minimum absolute atomic E-state index is 0.519. The van der Waals surface area contributed by atoms with Gasteiger partial charge in [-0.2, -0.15) is 4.39 Å². The number of carbonyl (C=O) groups is 1. The van der Waals surface area contributed by atoms with E-state index in [1.165, 1.54) is 0 Å². The van der Waals surface area contributed by atoms with Gasteiger partial charge in [-0.3, -0.25) is 19.1 Å². The highest BCUT2D eigenvalue weighted by molar-refractivity contribution is 5.89. The van der Waals surface area contributed by atoms with Crippen LogP contribution in [0, 0.1) is 5.82 Å². The molecule has 0 saturated carbocycles. The Morgan fingerprint density at radius 1 is 1.21 bits per heavy atom. The van der Waals surface area contributed by atoms with E-state index in [0.717, 1.165) is 0 Å². The largest absolute Gasteiger partial charge is 0.387 e. The molecule has 9 nitrogen and oxygen atoms in total. The van der Waals surface area contributed by atoms with Crippen molar-refractivity contribution in [3.8, 4) is 0 Å². The number of nitrogens with zero attached hydrogens (tertiary/aromatic N) is 1. The first-order valence-corrected chi connectivity index (χ1v) is 8.51. The lowest BCUT2D eigenvalue weighted by Crippen LogP contribution is -2.44. The van der Waals surface area contributed by atoms with Crippen molar-refractivity contribution in [2.24, 2.45) is 0 Å². The van der Waals surface area contributed by atoms with E-state index < -0.39 is 59.4 Å². The number of benzene rings is 1. The molecule has 1 aliphatic rings. The van der Waals surface area contributed by atoms with Crippen LogP contribution in [0.4, 0.5) is 4.39 Å². The van der Waals surface area contributed by atoms with Crippen LogP contribution in [0.5, 0.6) is 0 Å². The Kier molecular flexibility index (Phi) is 5.57. The molecule has 1 aliphatic heterocycles. The van der Waals surface area contributed by atoms with E-state index in [1.807, 2.05) is 0 Å². The van der Waals surface area contributed by atoms with Gasteiger partial charge in [0.2, 0.25) is 5.82 Å². The number of carbonyl (C=O) groups excluding carboxylic acids is 1. The molecule has 1 saturated heterocycles. The average molecular weight is 394 g/mol. The van der Waals surface area contributed by atoms with Crippen molar-refractivity contribution >= 4 is 5.78 Å². The summed E-state index contributed by atoms with van der Waals surface area (Å²) >= 11 is 0. The van der Waals surface area contributed by atoms with Gasteiger partial charge in [-0.25, -0.2) is 4.79 Å². The van der Waals surface area contributed by atoms with Gasteiger partial charge >= 0.3 is 5.69 Å². The van der Waals surface area contributed by atoms with Crippen molar-refractivity contribution in [2.45, 2.75) is 43.5 Å². The monoisotopic (exact) mass is 394 g/mol. The van der Waals surface area contributed by atoms with E-state index in [9.17, 15) is 34.1 Å². The van der Waals surface area contributed by atoms with Crippen LogP contribution in [-0.2, 0) is 9.53 Å². The molecule has 2 heterocycles. The van der Waals surface area contributed by atoms with Crippen LogP contribution in [0.2, 0.25) is 0 Å². The molecule has 1 aromatic carbocycles. The second kappa shape index (κ2) is 7.76. The second-order valence-electron chi connectivity index (χ2n) is 6.60. The summed E-state index contributed by atoms with van der Waals surface area (Å²) in [5.41, 5.74) is -1.70. The quantitative estimate of drug-likeness (QED) is 0.511. The third-order valence-electron chi connectivity index (χ3n) is 4.80. The van der Waals surface area contributed by atoms with Crippen LogP contribution in [0.25, 0.3) is 0 Å². The molecular formula is C18H19FN2O7. The number of nitrogens with one attached hydrogen (secondary N) is 1. The average Bonchev–Trinajstić information content (AvgIpc) is 2.98. The molecular weight excluding hydrogens is 375 g/mol. The first-order valence-electron chi connectivity index (χ1n) is 8.51. The molecule has 0 aliphatic carbocycles. The third-order valence-corrected chi connectivity index (χ3v) is 4.80. The molecule has 3 rings (SSSR count). The van der Waals surface area contributed by atoms with Gasteiger partial charge in [-0.1, -0.05) is 37.3 Å². The van der Waals surface area contributed by atoms with E-state index in [4.69, 9.17) is 4.74 Å². The minimum Gasteiger partial charge on any atom is -0.387 e. The molecule has 0 radical (unpaired) electrons. The number of aromatic nitrogens is 2. The van der Waals surface area contributed by atoms with Crippen molar-refractivity contribution in [1.29, 1.82) is 0 Å². The van der Waals surface area contributed by atoms with Crippen molar-refractivity contribution in [1.82, 2.24) is 9.55 Å². The topological polar surface area (TPSA) is 142 Å². The van der Waals surface area contributed by atoms with E-state index in [-0.39, 0.29) is 0 Å². The molecule has 0 amide bonds. The van der Waals surface area contributed by atoms with Crippen LogP contribution >= 0.6 is 0 Å². The fraction of sp³-hybridized carbons (Fsp3) is 0.389. The number of aliphatic hydroxyl groups is 3. The smallest absolute Gasteiger partial charge is 0.330 e. The molecule has 0 spiro atoms. The van der Waals surface area contributed by atoms with Gasteiger partial charge in [-0.05, 0) is 5.56 Å². The summed E-state index contributed by atoms with van der Waals surface area (Å²) in [6.45, 7) is 1.57. The normalized spacial score (nSPS) is 26.8. The van der Waals surface area contributed by atoms with Crippen molar-refractivity contribution < 1.29 is 29.2 Å². The Balaban J connectivity index is 1.84. The molecule has 1 aromatic heterocycles. The zero-order valence-corrected chi connectivity index (χ0v) is 14.7.